The molecule has 0 unspecified atom stereocenters. The molecule has 20 heavy (non-hydrogen) atoms. The number of hydrogen-bond donors (Lipinski definition) is 0. The highest BCUT2D eigenvalue weighted by molar-refractivity contribution is 5.77. The first-order valence-electron chi connectivity index (χ1n) is 6.86. The quantitative estimate of drug-likeness (QED) is 0.676. The second-order valence-electron chi connectivity index (χ2n) is 5.27. The number of rotatable bonds is 1. The molecule has 0 saturated heterocycles. The van der Waals surface area contributed by atoms with Gasteiger partial charge < -0.3 is 0 Å². The van der Waals surface area contributed by atoms with Crippen LogP contribution in [-0.4, -0.2) is 9.55 Å². The van der Waals surface area contributed by atoms with Crippen molar-refractivity contribution in [2.75, 3.05) is 0 Å². The van der Waals surface area contributed by atoms with Crippen LogP contribution in [0.4, 0.5) is 0 Å². The summed E-state index contributed by atoms with van der Waals surface area (Å²) in [5, 5.41) is 0.713. The van der Waals surface area contributed by atoms with E-state index in [0.717, 1.165) is 24.3 Å². The van der Waals surface area contributed by atoms with Crippen LogP contribution in [0.3, 0.4) is 0 Å². The van der Waals surface area contributed by atoms with Gasteiger partial charge in [0, 0.05) is 18.9 Å². The average molecular weight is 262 g/mol. The monoisotopic (exact) mass is 262 g/mol. The van der Waals surface area contributed by atoms with Crippen molar-refractivity contribution in [1.82, 2.24) is 9.55 Å². The van der Waals surface area contributed by atoms with Gasteiger partial charge >= 0.3 is 0 Å². The Labute approximate surface area is 116 Å². The Kier molecular flexibility index (Phi) is 2.46. The van der Waals surface area contributed by atoms with Crippen molar-refractivity contribution in [2.24, 2.45) is 0 Å². The third-order valence-corrected chi connectivity index (χ3v) is 4.04. The summed E-state index contributed by atoms with van der Waals surface area (Å²) in [4.78, 5) is 17.2. The summed E-state index contributed by atoms with van der Waals surface area (Å²) in [5.74, 6) is 1.26. The van der Waals surface area contributed by atoms with Gasteiger partial charge in [-0.3, -0.25) is 9.36 Å². The van der Waals surface area contributed by atoms with E-state index in [1.54, 1.807) is 0 Å². The third kappa shape index (κ3) is 1.67. The van der Waals surface area contributed by atoms with Crippen LogP contribution >= 0.6 is 0 Å². The number of hydrogen-bond acceptors (Lipinski definition) is 2. The van der Waals surface area contributed by atoms with Gasteiger partial charge in [0.2, 0.25) is 0 Å². The molecule has 0 fully saturated rings. The Morgan fingerprint density at radius 1 is 1.00 bits per heavy atom. The molecule has 1 aliphatic rings. The largest absolute Gasteiger partial charge is 0.295 e. The standard InChI is InChI=1S/C17H14N2O/c20-17-14-8-4-5-9-15(14)18-16-10-13(11-19(16)17)12-6-2-1-3-7-12/h1-9,13H,10-11H2/t13-/m0/s1. The first-order valence-corrected chi connectivity index (χ1v) is 6.86. The van der Waals surface area contributed by atoms with E-state index in [1.807, 2.05) is 47.0 Å². The molecule has 0 bridgehead atoms. The Bertz CT molecular complexity index is 836. The van der Waals surface area contributed by atoms with E-state index >= 15 is 0 Å². The average Bonchev–Trinajstić information content (AvgIpc) is 2.93. The van der Waals surface area contributed by atoms with Gasteiger partial charge in [-0.05, 0) is 17.7 Å². The van der Waals surface area contributed by atoms with Gasteiger partial charge in [-0.15, -0.1) is 0 Å². The Morgan fingerprint density at radius 2 is 1.75 bits per heavy atom. The van der Waals surface area contributed by atoms with Crippen LogP contribution < -0.4 is 5.56 Å². The number of benzene rings is 2. The van der Waals surface area contributed by atoms with Gasteiger partial charge in [-0.2, -0.15) is 0 Å². The molecule has 3 heteroatoms. The molecule has 1 atom stereocenters. The fourth-order valence-electron chi connectivity index (χ4n) is 3.01. The number of nitrogens with zero attached hydrogens (tertiary/aromatic N) is 2. The van der Waals surface area contributed by atoms with Gasteiger partial charge in [-0.25, -0.2) is 4.98 Å². The van der Waals surface area contributed by atoms with Crippen LogP contribution in [0.2, 0.25) is 0 Å². The number of fused-ring (bicyclic) bond motifs is 2. The highest BCUT2D eigenvalue weighted by atomic mass is 16.1. The van der Waals surface area contributed by atoms with E-state index in [0.29, 0.717) is 11.3 Å². The molecular weight excluding hydrogens is 248 g/mol. The fourth-order valence-corrected chi connectivity index (χ4v) is 3.01. The second-order valence-corrected chi connectivity index (χ2v) is 5.27. The van der Waals surface area contributed by atoms with Gasteiger partial charge in [-0.1, -0.05) is 42.5 Å². The van der Waals surface area contributed by atoms with E-state index in [9.17, 15) is 4.79 Å². The van der Waals surface area contributed by atoms with Gasteiger partial charge in [0.25, 0.3) is 5.56 Å². The predicted molar refractivity (Wildman–Crippen MR) is 78.9 cm³/mol. The van der Waals surface area contributed by atoms with Crippen molar-refractivity contribution >= 4 is 10.9 Å². The van der Waals surface area contributed by atoms with E-state index in [1.165, 1.54) is 5.56 Å². The minimum absolute atomic E-state index is 0.0871. The summed E-state index contributed by atoms with van der Waals surface area (Å²) in [6.07, 6.45) is 0.837. The van der Waals surface area contributed by atoms with Crippen molar-refractivity contribution in [2.45, 2.75) is 18.9 Å². The molecule has 3 nitrogen and oxygen atoms in total. The van der Waals surface area contributed by atoms with Crippen LogP contribution in [-0.2, 0) is 13.0 Å². The molecule has 1 aliphatic heterocycles. The molecule has 0 aliphatic carbocycles. The summed E-state index contributed by atoms with van der Waals surface area (Å²) in [6.45, 7) is 0.732. The molecule has 2 aromatic carbocycles. The van der Waals surface area contributed by atoms with Gasteiger partial charge in [0.05, 0.1) is 10.9 Å². The SMILES string of the molecule is O=c1c2ccccc2nc2n1C[C@@H](c1ccccc1)C2. The molecule has 3 aromatic rings. The molecule has 0 N–H and O–H groups in total. The highest BCUT2D eigenvalue weighted by Crippen LogP contribution is 2.27. The van der Waals surface area contributed by atoms with Crippen LogP contribution in [0.1, 0.15) is 17.3 Å². The third-order valence-electron chi connectivity index (χ3n) is 4.04. The van der Waals surface area contributed by atoms with Crippen molar-refractivity contribution in [3.63, 3.8) is 0 Å². The Hall–Kier alpha value is -2.42. The highest BCUT2D eigenvalue weighted by Gasteiger charge is 2.25. The molecular formula is C17H14N2O. The van der Waals surface area contributed by atoms with Crippen LogP contribution in [0.5, 0.6) is 0 Å². The zero-order chi connectivity index (χ0) is 13.5. The molecule has 4 rings (SSSR count). The molecule has 2 heterocycles. The second kappa shape index (κ2) is 4.30. The minimum atomic E-state index is 0.0871. The Morgan fingerprint density at radius 3 is 2.60 bits per heavy atom. The van der Waals surface area contributed by atoms with Crippen LogP contribution in [0, 0.1) is 0 Å². The van der Waals surface area contributed by atoms with E-state index in [-0.39, 0.29) is 5.56 Å². The lowest BCUT2D eigenvalue weighted by Gasteiger charge is -2.07. The zero-order valence-corrected chi connectivity index (χ0v) is 11.0. The number of para-hydroxylation sites is 1. The van der Waals surface area contributed by atoms with E-state index < -0.39 is 0 Å². The van der Waals surface area contributed by atoms with E-state index in [4.69, 9.17) is 0 Å². The molecule has 1 aromatic heterocycles. The maximum absolute atomic E-state index is 12.5. The normalized spacial score (nSPS) is 17.3. The summed E-state index contributed by atoms with van der Waals surface area (Å²) in [5.41, 5.74) is 2.17. The molecule has 0 amide bonds. The maximum atomic E-state index is 12.5. The lowest BCUT2D eigenvalue weighted by molar-refractivity contribution is 0.641. The van der Waals surface area contributed by atoms with Crippen molar-refractivity contribution in [3.05, 3.63) is 76.3 Å². The van der Waals surface area contributed by atoms with E-state index in [2.05, 4.69) is 17.1 Å². The summed E-state index contributed by atoms with van der Waals surface area (Å²) < 4.78 is 1.83. The lowest BCUT2D eigenvalue weighted by Crippen LogP contribution is -2.21. The maximum Gasteiger partial charge on any atom is 0.261 e. The molecule has 0 radical (unpaired) electrons. The van der Waals surface area contributed by atoms with Crippen molar-refractivity contribution in [3.8, 4) is 0 Å². The Balaban J connectivity index is 1.84. The van der Waals surface area contributed by atoms with Crippen LogP contribution in [0.15, 0.2) is 59.4 Å². The zero-order valence-electron chi connectivity index (χ0n) is 11.0. The molecule has 0 spiro atoms. The topological polar surface area (TPSA) is 34.9 Å². The van der Waals surface area contributed by atoms with Crippen molar-refractivity contribution < 1.29 is 0 Å². The molecule has 98 valence electrons. The van der Waals surface area contributed by atoms with Crippen LogP contribution in [0.25, 0.3) is 10.9 Å². The first-order chi connectivity index (χ1) is 9.83. The van der Waals surface area contributed by atoms with Gasteiger partial charge in [0.15, 0.2) is 0 Å². The smallest absolute Gasteiger partial charge is 0.261 e. The summed E-state index contributed by atoms with van der Waals surface area (Å²) in [6, 6.07) is 17.9. The predicted octanol–water partition coefficient (Wildman–Crippen LogP) is 2.74. The summed E-state index contributed by atoms with van der Waals surface area (Å²) >= 11 is 0. The first kappa shape index (κ1) is 11.4. The molecule has 0 saturated carbocycles. The van der Waals surface area contributed by atoms with Crippen molar-refractivity contribution in [1.29, 1.82) is 0 Å². The number of aromatic nitrogens is 2. The lowest BCUT2D eigenvalue weighted by atomic mass is 9.98. The fraction of sp³-hybridized carbons (Fsp3) is 0.176. The minimum Gasteiger partial charge on any atom is -0.295 e. The summed E-state index contributed by atoms with van der Waals surface area (Å²) in [7, 11) is 0. The van der Waals surface area contributed by atoms with Gasteiger partial charge in [0.1, 0.15) is 5.82 Å².